The smallest absolute Gasteiger partial charge is 0.123 e. The maximum Gasteiger partial charge on any atom is 0.123 e. The van der Waals surface area contributed by atoms with E-state index in [0.717, 1.165) is 18.7 Å². The van der Waals surface area contributed by atoms with E-state index in [9.17, 15) is 4.39 Å². The molecule has 0 aromatic heterocycles. The van der Waals surface area contributed by atoms with Crippen molar-refractivity contribution in [3.8, 4) is 0 Å². The summed E-state index contributed by atoms with van der Waals surface area (Å²) in [4.78, 5) is 0. The predicted octanol–water partition coefficient (Wildman–Crippen LogP) is 1.45. The first-order chi connectivity index (χ1) is 6.77. The van der Waals surface area contributed by atoms with Crippen molar-refractivity contribution in [1.82, 2.24) is 10.6 Å². The van der Waals surface area contributed by atoms with E-state index in [0.29, 0.717) is 12.1 Å². The second-order valence-electron chi connectivity index (χ2n) is 3.73. The van der Waals surface area contributed by atoms with Crippen LogP contribution in [-0.4, -0.2) is 19.1 Å². The summed E-state index contributed by atoms with van der Waals surface area (Å²) in [5.41, 5.74) is 1.14. The van der Waals surface area contributed by atoms with Crippen LogP contribution in [0.25, 0.3) is 0 Å². The Hall–Kier alpha value is -0.930. The molecular formula is C11H15FN2. The fourth-order valence-corrected chi connectivity index (χ4v) is 1.90. The van der Waals surface area contributed by atoms with Gasteiger partial charge in [0.1, 0.15) is 5.82 Å². The number of rotatable bonds is 1. The first kappa shape index (κ1) is 9.62. The van der Waals surface area contributed by atoms with Gasteiger partial charge in [0.25, 0.3) is 0 Å². The minimum Gasteiger partial charge on any atom is -0.311 e. The largest absolute Gasteiger partial charge is 0.311 e. The highest BCUT2D eigenvalue weighted by Gasteiger charge is 2.21. The summed E-state index contributed by atoms with van der Waals surface area (Å²) in [5.74, 6) is -0.176. The summed E-state index contributed by atoms with van der Waals surface area (Å²) in [7, 11) is 0. The van der Waals surface area contributed by atoms with Crippen LogP contribution in [0.15, 0.2) is 24.3 Å². The lowest BCUT2D eigenvalue weighted by Crippen LogP contribution is -2.48. The van der Waals surface area contributed by atoms with Gasteiger partial charge in [0.2, 0.25) is 0 Å². The van der Waals surface area contributed by atoms with Gasteiger partial charge in [-0.2, -0.15) is 0 Å². The molecule has 0 radical (unpaired) electrons. The molecule has 76 valence electrons. The molecule has 0 saturated carbocycles. The standard InChI is InChI=1S/C11H15FN2/c1-8-11(14-7-6-13-8)9-2-4-10(12)5-3-9/h2-5,8,11,13-14H,6-7H2,1H3. The fraction of sp³-hybridized carbons (Fsp3) is 0.455. The van der Waals surface area contributed by atoms with E-state index in [1.807, 2.05) is 12.1 Å². The van der Waals surface area contributed by atoms with Crippen molar-refractivity contribution in [2.75, 3.05) is 13.1 Å². The van der Waals surface area contributed by atoms with Crippen molar-refractivity contribution < 1.29 is 4.39 Å². The Balaban J connectivity index is 2.16. The van der Waals surface area contributed by atoms with E-state index < -0.39 is 0 Å². The predicted molar refractivity (Wildman–Crippen MR) is 54.6 cm³/mol. The minimum atomic E-state index is -0.176. The average Bonchev–Trinajstić information content (AvgIpc) is 2.20. The number of hydrogen-bond acceptors (Lipinski definition) is 2. The summed E-state index contributed by atoms with van der Waals surface area (Å²) < 4.78 is 12.7. The van der Waals surface area contributed by atoms with E-state index in [1.165, 1.54) is 12.1 Å². The van der Waals surface area contributed by atoms with Crippen LogP contribution >= 0.6 is 0 Å². The van der Waals surface area contributed by atoms with Gasteiger partial charge in [-0.25, -0.2) is 4.39 Å². The Morgan fingerprint density at radius 3 is 2.43 bits per heavy atom. The van der Waals surface area contributed by atoms with Gasteiger partial charge < -0.3 is 10.6 Å². The van der Waals surface area contributed by atoms with Gasteiger partial charge in [0.05, 0.1) is 0 Å². The topological polar surface area (TPSA) is 24.1 Å². The van der Waals surface area contributed by atoms with Crippen LogP contribution in [-0.2, 0) is 0 Å². The second-order valence-corrected chi connectivity index (χ2v) is 3.73. The Kier molecular flexibility index (Phi) is 2.79. The molecule has 0 aliphatic carbocycles. The van der Waals surface area contributed by atoms with E-state index >= 15 is 0 Å². The molecule has 2 nitrogen and oxygen atoms in total. The third-order valence-corrected chi connectivity index (χ3v) is 2.68. The van der Waals surface area contributed by atoms with Crippen molar-refractivity contribution in [2.24, 2.45) is 0 Å². The van der Waals surface area contributed by atoms with Crippen LogP contribution in [0.1, 0.15) is 18.5 Å². The molecule has 2 N–H and O–H groups in total. The highest BCUT2D eigenvalue weighted by molar-refractivity contribution is 5.21. The molecular weight excluding hydrogens is 179 g/mol. The SMILES string of the molecule is CC1NCCNC1c1ccc(F)cc1. The van der Waals surface area contributed by atoms with E-state index in [2.05, 4.69) is 17.6 Å². The molecule has 1 aliphatic rings. The summed E-state index contributed by atoms with van der Waals surface area (Å²) in [6.07, 6.45) is 0. The Bertz CT molecular complexity index is 297. The van der Waals surface area contributed by atoms with Gasteiger partial charge in [0, 0.05) is 25.2 Å². The van der Waals surface area contributed by atoms with Crippen molar-refractivity contribution in [1.29, 1.82) is 0 Å². The molecule has 1 aromatic carbocycles. The number of halogens is 1. The molecule has 1 aliphatic heterocycles. The number of piperazine rings is 1. The lowest BCUT2D eigenvalue weighted by Gasteiger charge is -2.31. The lowest BCUT2D eigenvalue weighted by molar-refractivity contribution is 0.345. The van der Waals surface area contributed by atoms with Crippen LogP contribution < -0.4 is 10.6 Å². The minimum absolute atomic E-state index is 0.176. The first-order valence-electron chi connectivity index (χ1n) is 4.99. The normalized spacial score (nSPS) is 27.6. The van der Waals surface area contributed by atoms with E-state index in [1.54, 1.807) is 0 Å². The van der Waals surface area contributed by atoms with Gasteiger partial charge in [-0.1, -0.05) is 12.1 Å². The Labute approximate surface area is 83.5 Å². The Morgan fingerprint density at radius 1 is 1.14 bits per heavy atom. The van der Waals surface area contributed by atoms with E-state index in [4.69, 9.17) is 0 Å². The molecule has 1 aromatic rings. The van der Waals surface area contributed by atoms with Crippen LogP contribution in [0, 0.1) is 5.82 Å². The molecule has 14 heavy (non-hydrogen) atoms. The zero-order valence-corrected chi connectivity index (χ0v) is 8.26. The van der Waals surface area contributed by atoms with Crippen molar-refractivity contribution in [3.05, 3.63) is 35.6 Å². The van der Waals surface area contributed by atoms with Gasteiger partial charge in [-0.3, -0.25) is 0 Å². The van der Waals surface area contributed by atoms with Crippen molar-refractivity contribution >= 4 is 0 Å². The van der Waals surface area contributed by atoms with Crippen LogP contribution in [0.3, 0.4) is 0 Å². The van der Waals surface area contributed by atoms with Gasteiger partial charge in [0.15, 0.2) is 0 Å². The third-order valence-electron chi connectivity index (χ3n) is 2.68. The first-order valence-corrected chi connectivity index (χ1v) is 4.99. The van der Waals surface area contributed by atoms with Crippen LogP contribution in [0.2, 0.25) is 0 Å². The molecule has 1 heterocycles. The molecule has 2 rings (SSSR count). The lowest BCUT2D eigenvalue weighted by atomic mass is 9.99. The van der Waals surface area contributed by atoms with Gasteiger partial charge in [-0.15, -0.1) is 0 Å². The third kappa shape index (κ3) is 1.94. The summed E-state index contributed by atoms with van der Waals surface area (Å²) in [5, 5.41) is 6.81. The molecule has 3 heteroatoms. The fourth-order valence-electron chi connectivity index (χ4n) is 1.90. The maximum absolute atomic E-state index is 12.7. The van der Waals surface area contributed by atoms with Crippen LogP contribution in [0.5, 0.6) is 0 Å². The molecule has 1 fully saturated rings. The average molecular weight is 194 g/mol. The van der Waals surface area contributed by atoms with Crippen molar-refractivity contribution in [2.45, 2.75) is 19.0 Å². The summed E-state index contributed by atoms with van der Waals surface area (Å²) >= 11 is 0. The molecule has 0 amide bonds. The molecule has 1 saturated heterocycles. The second kappa shape index (κ2) is 4.07. The zero-order valence-electron chi connectivity index (χ0n) is 8.26. The molecule has 2 unspecified atom stereocenters. The maximum atomic E-state index is 12.7. The molecule has 0 bridgehead atoms. The van der Waals surface area contributed by atoms with Crippen molar-refractivity contribution in [3.63, 3.8) is 0 Å². The molecule has 2 atom stereocenters. The monoisotopic (exact) mass is 194 g/mol. The molecule has 0 spiro atoms. The quantitative estimate of drug-likeness (QED) is 0.707. The summed E-state index contributed by atoms with van der Waals surface area (Å²) in [6.45, 7) is 4.10. The van der Waals surface area contributed by atoms with Gasteiger partial charge >= 0.3 is 0 Å². The zero-order chi connectivity index (χ0) is 9.97. The highest BCUT2D eigenvalue weighted by Crippen LogP contribution is 2.18. The van der Waals surface area contributed by atoms with Gasteiger partial charge in [-0.05, 0) is 24.6 Å². The number of nitrogens with one attached hydrogen (secondary N) is 2. The highest BCUT2D eigenvalue weighted by atomic mass is 19.1. The number of hydrogen-bond donors (Lipinski definition) is 2. The number of benzene rings is 1. The van der Waals surface area contributed by atoms with Crippen LogP contribution in [0.4, 0.5) is 4.39 Å². The van der Waals surface area contributed by atoms with E-state index in [-0.39, 0.29) is 5.82 Å². The summed E-state index contributed by atoms with van der Waals surface area (Å²) in [6, 6.07) is 7.41. The Morgan fingerprint density at radius 2 is 1.79 bits per heavy atom.